The Balaban J connectivity index is 2.49. The first-order valence-corrected chi connectivity index (χ1v) is 8.95. The van der Waals surface area contributed by atoms with Crippen molar-refractivity contribution >= 4 is 27.0 Å². The fraction of sp³-hybridized carbons (Fsp3) is 0.429. The fourth-order valence-electron chi connectivity index (χ4n) is 2.37. The van der Waals surface area contributed by atoms with Crippen LogP contribution in [-0.2, 0) is 16.2 Å². The molecule has 0 atom stereocenters. The summed E-state index contributed by atoms with van der Waals surface area (Å²) < 4.78 is 65.5. The lowest BCUT2D eigenvalue weighted by Gasteiger charge is -2.14. The highest BCUT2D eigenvalue weighted by Crippen LogP contribution is 2.33. The van der Waals surface area contributed by atoms with E-state index in [2.05, 4.69) is 4.98 Å². The van der Waals surface area contributed by atoms with Gasteiger partial charge in [-0.15, -0.1) is 0 Å². The maximum absolute atomic E-state index is 13.2. The van der Waals surface area contributed by atoms with Gasteiger partial charge in [-0.1, -0.05) is 0 Å². The van der Waals surface area contributed by atoms with E-state index in [9.17, 15) is 26.4 Å². The number of fused-ring (bicyclic) bond motifs is 1. The molecule has 1 aromatic heterocycles. The van der Waals surface area contributed by atoms with Crippen LogP contribution in [0.25, 0.3) is 11.0 Å². The standard InChI is InChI=1S/C14H17F3N4O3S/c1-8(2)21-11-4-3-9(12(22)20-25(23,24)6-5-18)7-10(11)19-13(21)14(15,16)17/h3-4,7-8H,5-6,18H2,1-2H3,(H,20,22). The third kappa shape index (κ3) is 4.10. The molecule has 2 aromatic rings. The lowest BCUT2D eigenvalue weighted by molar-refractivity contribution is -0.147. The summed E-state index contributed by atoms with van der Waals surface area (Å²) in [5.41, 5.74) is 5.17. The molecule has 0 aliphatic carbocycles. The molecule has 1 heterocycles. The van der Waals surface area contributed by atoms with Crippen LogP contribution in [0.2, 0.25) is 0 Å². The monoisotopic (exact) mass is 378 g/mol. The number of alkyl halides is 3. The second-order valence-electron chi connectivity index (χ2n) is 5.64. The molecular weight excluding hydrogens is 361 g/mol. The van der Waals surface area contributed by atoms with Crippen molar-refractivity contribution in [1.82, 2.24) is 14.3 Å². The predicted octanol–water partition coefficient (Wildman–Crippen LogP) is 1.65. The molecule has 0 saturated carbocycles. The lowest BCUT2D eigenvalue weighted by Crippen LogP contribution is -2.34. The third-order valence-corrected chi connectivity index (χ3v) is 4.63. The maximum Gasteiger partial charge on any atom is 0.449 e. The van der Waals surface area contributed by atoms with Gasteiger partial charge in [-0.05, 0) is 32.0 Å². The number of sulfonamides is 1. The molecule has 3 N–H and O–H groups in total. The number of hydrogen-bond donors (Lipinski definition) is 2. The van der Waals surface area contributed by atoms with Crippen molar-refractivity contribution in [3.8, 4) is 0 Å². The number of carbonyl (C=O) groups excluding carboxylic acids is 1. The van der Waals surface area contributed by atoms with Gasteiger partial charge < -0.3 is 10.3 Å². The van der Waals surface area contributed by atoms with E-state index >= 15 is 0 Å². The molecule has 0 aliphatic heterocycles. The Bertz CT molecular complexity index is 904. The number of nitrogens with one attached hydrogen (secondary N) is 1. The van der Waals surface area contributed by atoms with Crippen molar-refractivity contribution in [2.75, 3.05) is 12.3 Å². The number of nitrogens with two attached hydrogens (primary N) is 1. The minimum Gasteiger partial charge on any atom is -0.329 e. The minimum atomic E-state index is -4.66. The van der Waals surface area contributed by atoms with Gasteiger partial charge in [0, 0.05) is 18.2 Å². The van der Waals surface area contributed by atoms with Crippen LogP contribution in [-0.4, -0.2) is 36.2 Å². The molecule has 25 heavy (non-hydrogen) atoms. The highest BCUT2D eigenvalue weighted by atomic mass is 32.2. The largest absolute Gasteiger partial charge is 0.449 e. The van der Waals surface area contributed by atoms with Gasteiger partial charge in [-0.25, -0.2) is 18.1 Å². The van der Waals surface area contributed by atoms with E-state index in [-0.39, 0.29) is 23.1 Å². The number of imidazole rings is 1. The van der Waals surface area contributed by atoms with Crippen molar-refractivity contribution in [1.29, 1.82) is 0 Å². The van der Waals surface area contributed by atoms with Crippen LogP contribution in [0.1, 0.15) is 36.1 Å². The molecule has 138 valence electrons. The van der Waals surface area contributed by atoms with E-state index in [0.717, 1.165) is 10.6 Å². The molecule has 0 aliphatic rings. The number of aromatic nitrogens is 2. The topological polar surface area (TPSA) is 107 Å². The summed E-state index contributed by atoms with van der Waals surface area (Å²) in [6, 6.07) is 3.17. The van der Waals surface area contributed by atoms with Crippen molar-refractivity contribution in [3.63, 3.8) is 0 Å². The van der Waals surface area contributed by atoms with Crippen LogP contribution in [0, 0.1) is 0 Å². The summed E-state index contributed by atoms with van der Waals surface area (Å²) >= 11 is 0. The van der Waals surface area contributed by atoms with Crippen LogP contribution in [0.15, 0.2) is 18.2 Å². The van der Waals surface area contributed by atoms with Gasteiger partial charge in [0.1, 0.15) is 0 Å². The molecule has 1 aromatic carbocycles. The zero-order valence-corrected chi connectivity index (χ0v) is 14.3. The highest BCUT2D eigenvalue weighted by molar-refractivity contribution is 7.90. The van der Waals surface area contributed by atoms with E-state index in [4.69, 9.17) is 5.73 Å². The Morgan fingerprint density at radius 3 is 2.52 bits per heavy atom. The number of nitrogens with zero attached hydrogens (tertiary/aromatic N) is 2. The summed E-state index contributed by atoms with van der Waals surface area (Å²) in [5, 5.41) is 0. The molecular formula is C14H17F3N4O3S. The summed E-state index contributed by atoms with van der Waals surface area (Å²) in [7, 11) is -3.90. The molecule has 11 heteroatoms. The first kappa shape index (κ1) is 19.2. The fourth-order valence-corrected chi connectivity index (χ4v) is 3.18. The van der Waals surface area contributed by atoms with Crippen molar-refractivity contribution in [3.05, 3.63) is 29.6 Å². The van der Waals surface area contributed by atoms with E-state index in [1.165, 1.54) is 12.1 Å². The number of carbonyl (C=O) groups is 1. The average Bonchev–Trinajstić information content (AvgIpc) is 2.85. The molecule has 2 rings (SSSR count). The van der Waals surface area contributed by atoms with Crippen molar-refractivity contribution < 1.29 is 26.4 Å². The first-order chi connectivity index (χ1) is 11.5. The van der Waals surface area contributed by atoms with Crippen LogP contribution >= 0.6 is 0 Å². The zero-order chi connectivity index (χ0) is 19.0. The van der Waals surface area contributed by atoms with Crippen LogP contribution < -0.4 is 10.5 Å². The second-order valence-corrected chi connectivity index (χ2v) is 7.48. The number of rotatable bonds is 5. The maximum atomic E-state index is 13.2. The molecule has 0 fully saturated rings. The number of benzene rings is 1. The van der Waals surface area contributed by atoms with E-state index in [1.807, 2.05) is 4.72 Å². The third-order valence-electron chi connectivity index (χ3n) is 3.36. The molecule has 0 radical (unpaired) electrons. The Labute approximate surface area is 142 Å². The molecule has 7 nitrogen and oxygen atoms in total. The zero-order valence-electron chi connectivity index (χ0n) is 13.5. The summed E-state index contributed by atoms with van der Waals surface area (Å²) in [5.74, 6) is -2.48. The minimum absolute atomic E-state index is 0.0510. The molecule has 0 bridgehead atoms. The van der Waals surface area contributed by atoms with Crippen molar-refractivity contribution in [2.24, 2.45) is 5.73 Å². The number of amides is 1. The van der Waals surface area contributed by atoms with Crippen LogP contribution in [0.3, 0.4) is 0 Å². The van der Waals surface area contributed by atoms with Gasteiger partial charge in [0.2, 0.25) is 15.8 Å². The number of halogens is 3. The Hall–Kier alpha value is -2.14. The van der Waals surface area contributed by atoms with Gasteiger partial charge in [0.15, 0.2) is 0 Å². The van der Waals surface area contributed by atoms with Gasteiger partial charge in [0.25, 0.3) is 5.91 Å². The van der Waals surface area contributed by atoms with Gasteiger partial charge in [-0.3, -0.25) is 4.79 Å². The number of hydrogen-bond acceptors (Lipinski definition) is 5. The van der Waals surface area contributed by atoms with E-state index in [1.54, 1.807) is 13.8 Å². The highest BCUT2D eigenvalue weighted by Gasteiger charge is 2.38. The summed E-state index contributed by atoms with van der Waals surface area (Å²) in [6.45, 7) is 2.99. The van der Waals surface area contributed by atoms with Crippen LogP contribution in [0.4, 0.5) is 13.2 Å². The molecule has 0 spiro atoms. The molecule has 0 unspecified atom stereocenters. The molecule has 1 amide bonds. The normalized spacial score (nSPS) is 12.8. The Morgan fingerprint density at radius 2 is 2.00 bits per heavy atom. The van der Waals surface area contributed by atoms with E-state index in [0.29, 0.717) is 0 Å². The quantitative estimate of drug-likeness (QED) is 0.823. The van der Waals surface area contributed by atoms with Gasteiger partial charge in [-0.2, -0.15) is 13.2 Å². The second kappa shape index (κ2) is 6.64. The predicted molar refractivity (Wildman–Crippen MR) is 85.4 cm³/mol. The summed E-state index contributed by atoms with van der Waals surface area (Å²) in [6.07, 6.45) is -4.66. The smallest absolute Gasteiger partial charge is 0.329 e. The SMILES string of the molecule is CC(C)n1c(C(F)(F)F)nc2cc(C(=O)NS(=O)(=O)CCN)ccc21. The lowest BCUT2D eigenvalue weighted by atomic mass is 10.2. The van der Waals surface area contributed by atoms with Gasteiger partial charge >= 0.3 is 6.18 Å². The van der Waals surface area contributed by atoms with E-state index < -0.39 is 39.7 Å². The average molecular weight is 378 g/mol. The van der Waals surface area contributed by atoms with Gasteiger partial charge in [0.05, 0.1) is 16.8 Å². The van der Waals surface area contributed by atoms with Crippen molar-refractivity contribution in [2.45, 2.75) is 26.1 Å². The molecule has 0 saturated heterocycles. The first-order valence-electron chi connectivity index (χ1n) is 7.30. The Morgan fingerprint density at radius 1 is 1.36 bits per heavy atom. The Kier molecular flexibility index (Phi) is 5.09. The van der Waals surface area contributed by atoms with Crippen LogP contribution in [0.5, 0.6) is 0 Å². The summed E-state index contributed by atoms with van der Waals surface area (Å²) in [4.78, 5) is 15.6.